The number of esters is 3. The third-order valence-electron chi connectivity index (χ3n) is 9.65. The summed E-state index contributed by atoms with van der Waals surface area (Å²) in [7, 11) is 0. The van der Waals surface area contributed by atoms with E-state index in [0.717, 1.165) is 31.2 Å². The summed E-state index contributed by atoms with van der Waals surface area (Å²) in [6.45, 7) is 8.04. The van der Waals surface area contributed by atoms with E-state index in [4.69, 9.17) is 19.9 Å². The first-order valence-electron chi connectivity index (χ1n) is 19.9. The summed E-state index contributed by atoms with van der Waals surface area (Å²) >= 11 is 0. The Morgan fingerprint density at radius 1 is 0.536 bits per heavy atom. The minimum atomic E-state index is -0.375. The molecule has 3 aromatic rings. The van der Waals surface area contributed by atoms with Gasteiger partial charge in [-0.1, -0.05) is 79.6 Å². The molecule has 0 spiro atoms. The molecule has 1 fully saturated rings. The predicted molar refractivity (Wildman–Crippen MR) is 216 cm³/mol. The first kappa shape index (κ1) is 44.1. The van der Waals surface area contributed by atoms with Crippen LogP contribution in [0.3, 0.4) is 0 Å². The maximum absolute atomic E-state index is 13.1. The summed E-state index contributed by atoms with van der Waals surface area (Å²) in [5, 5.41) is 3.07. The number of amides is 1. The third-order valence-corrected chi connectivity index (χ3v) is 9.65. The molecule has 1 amide bonds. The molecule has 0 atom stereocenters. The van der Waals surface area contributed by atoms with Gasteiger partial charge in [0.15, 0.2) is 0 Å². The maximum atomic E-state index is 13.1. The van der Waals surface area contributed by atoms with Crippen LogP contribution < -0.4 is 11.1 Å². The standard InChI is InChI=1S/C43H60N6O7/c44-20-12-1-2-13-21-45-40(50)34-48-26-24-46(30-32-54-42(52)38-16-8-4-9-17-38)22-23-47(31-33-55-43(53)39-18-10-5-11-19-39)25-27-49(29-28-48)35-41(51)56-36-37-14-6-3-7-15-37/h3-11,14-19H,1-2,12-13,20-36,44H2,(H,45,50). The summed E-state index contributed by atoms with van der Waals surface area (Å²) in [5.74, 6) is -1.10. The minimum Gasteiger partial charge on any atom is -0.461 e. The Bertz CT molecular complexity index is 1570. The van der Waals surface area contributed by atoms with Crippen LogP contribution in [0.15, 0.2) is 91.0 Å². The van der Waals surface area contributed by atoms with Gasteiger partial charge in [-0.15, -0.1) is 0 Å². The first-order chi connectivity index (χ1) is 27.4. The molecule has 0 saturated carbocycles. The second kappa shape index (κ2) is 26.2. The summed E-state index contributed by atoms with van der Waals surface area (Å²) in [6.07, 6.45) is 3.96. The van der Waals surface area contributed by atoms with Crippen LogP contribution in [-0.2, 0) is 30.4 Å². The smallest absolute Gasteiger partial charge is 0.338 e. The van der Waals surface area contributed by atoms with E-state index >= 15 is 0 Å². The lowest BCUT2D eigenvalue weighted by molar-refractivity contribution is -0.146. The second-order valence-corrected chi connectivity index (χ2v) is 13.9. The Morgan fingerprint density at radius 3 is 1.48 bits per heavy atom. The zero-order valence-corrected chi connectivity index (χ0v) is 32.7. The summed E-state index contributed by atoms with van der Waals surface area (Å²) in [6, 6.07) is 27.4. The van der Waals surface area contributed by atoms with E-state index in [9.17, 15) is 19.2 Å². The Labute approximate surface area is 332 Å². The van der Waals surface area contributed by atoms with E-state index in [0.29, 0.717) is 89.7 Å². The molecule has 0 unspecified atom stereocenters. The molecule has 304 valence electrons. The Kier molecular flexibility index (Phi) is 20.6. The van der Waals surface area contributed by atoms with Crippen molar-refractivity contribution in [3.8, 4) is 0 Å². The molecule has 3 aromatic carbocycles. The second-order valence-electron chi connectivity index (χ2n) is 13.9. The highest BCUT2D eigenvalue weighted by Gasteiger charge is 2.21. The largest absolute Gasteiger partial charge is 0.461 e. The van der Waals surface area contributed by atoms with Gasteiger partial charge in [0, 0.05) is 72.0 Å². The molecule has 1 heterocycles. The van der Waals surface area contributed by atoms with Crippen LogP contribution in [-0.4, -0.2) is 148 Å². The van der Waals surface area contributed by atoms with Crippen molar-refractivity contribution in [2.45, 2.75) is 32.3 Å². The molecule has 3 N–H and O–H groups in total. The molecule has 13 heteroatoms. The van der Waals surface area contributed by atoms with Gasteiger partial charge in [-0.05, 0) is 49.2 Å². The van der Waals surface area contributed by atoms with Crippen LogP contribution in [0.25, 0.3) is 0 Å². The van der Waals surface area contributed by atoms with Crippen LogP contribution in [0.5, 0.6) is 0 Å². The number of rotatable bonds is 20. The number of ether oxygens (including phenoxy) is 3. The van der Waals surface area contributed by atoms with Gasteiger partial charge in [0.05, 0.1) is 24.2 Å². The third kappa shape index (κ3) is 17.9. The van der Waals surface area contributed by atoms with Crippen LogP contribution in [0.4, 0.5) is 0 Å². The van der Waals surface area contributed by atoms with Gasteiger partial charge < -0.3 is 25.3 Å². The SMILES string of the molecule is NCCCCCCNC(=O)CN1CCN(CCOC(=O)c2ccccc2)CCN(CCOC(=O)c2ccccc2)CCN(CC(=O)OCc2ccccc2)CC1. The van der Waals surface area contributed by atoms with Gasteiger partial charge in [0.25, 0.3) is 0 Å². The molecule has 4 rings (SSSR count). The number of hydrogen-bond acceptors (Lipinski definition) is 12. The fraction of sp³-hybridized carbons (Fsp3) is 0.488. The van der Waals surface area contributed by atoms with Gasteiger partial charge in [0.2, 0.25) is 5.91 Å². The molecule has 1 aliphatic rings. The fourth-order valence-corrected chi connectivity index (χ4v) is 6.27. The molecule has 0 aromatic heterocycles. The van der Waals surface area contributed by atoms with E-state index in [2.05, 4.69) is 24.9 Å². The number of carbonyl (C=O) groups is 4. The van der Waals surface area contributed by atoms with Crippen LogP contribution in [0.1, 0.15) is 52.0 Å². The van der Waals surface area contributed by atoms with Crippen LogP contribution in [0.2, 0.25) is 0 Å². The molecule has 0 bridgehead atoms. The number of nitrogens with two attached hydrogens (primary N) is 1. The van der Waals surface area contributed by atoms with Crippen molar-refractivity contribution in [2.75, 3.05) is 105 Å². The number of unbranched alkanes of at least 4 members (excludes halogenated alkanes) is 3. The van der Waals surface area contributed by atoms with Crippen molar-refractivity contribution >= 4 is 23.8 Å². The highest BCUT2D eigenvalue weighted by molar-refractivity contribution is 5.89. The van der Waals surface area contributed by atoms with Crippen molar-refractivity contribution in [3.05, 3.63) is 108 Å². The maximum Gasteiger partial charge on any atom is 0.338 e. The molecule has 13 nitrogen and oxygen atoms in total. The van der Waals surface area contributed by atoms with E-state index in [1.807, 2.05) is 42.5 Å². The lowest BCUT2D eigenvalue weighted by Gasteiger charge is -2.33. The lowest BCUT2D eigenvalue weighted by atomic mass is 10.2. The van der Waals surface area contributed by atoms with Gasteiger partial charge in [-0.25, -0.2) is 9.59 Å². The van der Waals surface area contributed by atoms with Crippen molar-refractivity contribution in [1.29, 1.82) is 0 Å². The number of nitrogens with one attached hydrogen (secondary N) is 1. The van der Waals surface area contributed by atoms with Crippen LogP contribution in [0, 0.1) is 0 Å². The molecule has 1 saturated heterocycles. The van der Waals surface area contributed by atoms with Crippen molar-refractivity contribution in [2.24, 2.45) is 5.73 Å². The van der Waals surface area contributed by atoms with Gasteiger partial charge >= 0.3 is 17.9 Å². The van der Waals surface area contributed by atoms with Crippen LogP contribution >= 0.6 is 0 Å². The van der Waals surface area contributed by atoms with Gasteiger partial charge in [-0.2, -0.15) is 0 Å². The predicted octanol–water partition coefficient (Wildman–Crippen LogP) is 3.30. The summed E-state index contributed by atoms with van der Waals surface area (Å²) < 4.78 is 16.9. The zero-order chi connectivity index (χ0) is 39.6. The normalized spacial score (nSPS) is 15.2. The molecule has 0 aliphatic carbocycles. The molecule has 0 radical (unpaired) electrons. The van der Waals surface area contributed by atoms with E-state index < -0.39 is 0 Å². The summed E-state index contributed by atoms with van der Waals surface area (Å²) in [4.78, 5) is 60.3. The highest BCUT2D eigenvalue weighted by atomic mass is 16.5. The molecule has 1 aliphatic heterocycles. The monoisotopic (exact) mass is 772 g/mol. The summed E-state index contributed by atoms with van der Waals surface area (Å²) in [5.41, 5.74) is 7.53. The van der Waals surface area contributed by atoms with Gasteiger partial charge in [0.1, 0.15) is 19.8 Å². The molecular formula is C43H60N6O7. The lowest BCUT2D eigenvalue weighted by Crippen LogP contribution is -2.49. The van der Waals surface area contributed by atoms with Gasteiger partial charge in [-0.3, -0.25) is 29.2 Å². The number of carbonyl (C=O) groups excluding carboxylic acids is 4. The minimum absolute atomic E-state index is 0.0377. The van der Waals surface area contributed by atoms with E-state index in [-0.39, 0.29) is 56.7 Å². The van der Waals surface area contributed by atoms with E-state index in [1.165, 1.54) is 0 Å². The first-order valence-corrected chi connectivity index (χ1v) is 19.9. The Morgan fingerprint density at radius 2 is 0.982 bits per heavy atom. The number of hydrogen-bond donors (Lipinski definition) is 2. The molecule has 56 heavy (non-hydrogen) atoms. The van der Waals surface area contributed by atoms with Crippen molar-refractivity contribution in [1.82, 2.24) is 24.9 Å². The average molecular weight is 773 g/mol. The van der Waals surface area contributed by atoms with Crippen molar-refractivity contribution in [3.63, 3.8) is 0 Å². The Balaban J connectivity index is 1.42. The zero-order valence-electron chi connectivity index (χ0n) is 32.7. The number of nitrogens with zero attached hydrogens (tertiary/aromatic N) is 4. The highest BCUT2D eigenvalue weighted by Crippen LogP contribution is 2.07. The van der Waals surface area contributed by atoms with Crippen molar-refractivity contribution < 1.29 is 33.4 Å². The topological polar surface area (TPSA) is 147 Å². The average Bonchev–Trinajstić information content (AvgIpc) is 3.22. The number of benzene rings is 3. The fourth-order valence-electron chi connectivity index (χ4n) is 6.27. The quantitative estimate of drug-likeness (QED) is 0.0988. The molecular weight excluding hydrogens is 713 g/mol. The van der Waals surface area contributed by atoms with E-state index in [1.54, 1.807) is 48.5 Å². The Hall–Kier alpha value is -4.66.